The highest BCUT2D eigenvalue weighted by Crippen LogP contribution is 2.04. The number of rotatable bonds is 5. The Kier molecular flexibility index (Phi) is 5.52. The first-order chi connectivity index (χ1) is 8.86. The molecular weight excluding hydrogens is 254 g/mol. The van der Waals surface area contributed by atoms with E-state index < -0.39 is 11.6 Å². The zero-order valence-electron chi connectivity index (χ0n) is 11.0. The molecule has 0 aromatic heterocycles. The van der Waals surface area contributed by atoms with Crippen LogP contribution in [0.5, 0.6) is 0 Å². The summed E-state index contributed by atoms with van der Waals surface area (Å²) in [4.78, 5) is 26.1. The maximum absolute atomic E-state index is 11.8. The van der Waals surface area contributed by atoms with E-state index >= 15 is 0 Å². The van der Waals surface area contributed by atoms with Crippen molar-refractivity contribution in [2.45, 2.75) is 12.5 Å². The van der Waals surface area contributed by atoms with Crippen molar-refractivity contribution < 1.29 is 24.9 Å². The van der Waals surface area contributed by atoms with E-state index in [1.54, 1.807) is 4.90 Å². The SMILES string of the molecule is CC(O)(CNC(=O)N1CCN(CCO)CC1)C(=O)O. The van der Waals surface area contributed by atoms with Gasteiger partial charge >= 0.3 is 12.0 Å². The molecule has 110 valence electrons. The van der Waals surface area contributed by atoms with Crippen LogP contribution in [-0.2, 0) is 4.79 Å². The fourth-order valence-corrected chi connectivity index (χ4v) is 1.75. The number of urea groups is 1. The number of aliphatic carboxylic acids is 1. The largest absolute Gasteiger partial charge is 0.479 e. The zero-order valence-corrected chi connectivity index (χ0v) is 11.0. The number of carbonyl (C=O) groups excluding carboxylic acids is 1. The van der Waals surface area contributed by atoms with Crippen molar-refractivity contribution in [3.8, 4) is 0 Å². The Morgan fingerprint density at radius 1 is 1.26 bits per heavy atom. The molecule has 4 N–H and O–H groups in total. The second-order valence-corrected chi connectivity index (χ2v) is 4.79. The Morgan fingerprint density at radius 3 is 2.32 bits per heavy atom. The molecule has 1 aliphatic rings. The maximum Gasteiger partial charge on any atom is 0.337 e. The van der Waals surface area contributed by atoms with E-state index in [4.69, 9.17) is 10.2 Å². The molecule has 1 unspecified atom stereocenters. The lowest BCUT2D eigenvalue weighted by molar-refractivity contribution is -0.155. The Labute approximate surface area is 111 Å². The lowest BCUT2D eigenvalue weighted by Gasteiger charge is -2.34. The van der Waals surface area contributed by atoms with Gasteiger partial charge in [-0.2, -0.15) is 0 Å². The summed E-state index contributed by atoms with van der Waals surface area (Å²) in [7, 11) is 0. The van der Waals surface area contributed by atoms with Gasteiger partial charge in [-0.25, -0.2) is 9.59 Å². The van der Waals surface area contributed by atoms with E-state index in [0.29, 0.717) is 32.7 Å². The molecule has 0 aliphatic carbocycles. The monoisotopic (exact) mass is 275 g/mol. The highest BCUT2D eigenvalue weighted by atomic mass is 16.4. The summed E-state index contributed by atoms with van der Waals surface area (Å²) in [5.74, 6) is -1.37. The summed E-state index contributed by atoms with van der Waals surface area (Å²) in [5.41, 5.74) is -1.96. The third-order valence-electron chi connectivity index (χ3n) is 3.12. The molecule has 1 atom stereocenters. The van der Waals surface area contributed by atoms with Gasteiger partial charge in [-0.1, -0.05) is 0 Å². The molecule has 0 saturated carbocycles. The first kappa shape index (κ1) is 15.7. The Morgan fingerprint density at radius 2 is 1.84 bits per heavy atom. The molecule has 0 aromatic carbocycles. The molecule has 8 nitrogen and oxygen atoms in total. The normalized spacial score (nSPS) is 19.8. The van der Waals surface area contributed by atoms with Crippen LogP contribution in [0.25, 0.3) is 0 Å². The number of hydrogen-bond donors (Lipinski definition) is 4. The van der Waals surface area contributed by atoms with Gasteiger partial charge < -0.3 is 25.5 Å². The smallest absolute Gasteiger partial charge is 0.337 e. The van der Waals surface area contributed by atoms with Crippen molar-refractivity contribution in [2.24, 2.45) is 0 Å². The Hall–Kier alpha value is -1.38. The number of piperazine rings is 1. The lowest BCUT2D eigenvalue weighted by Crippen LogP contribution is -2.55. The molecule has 1 aliphatic heterocycles. The van der Waals surface area contributed by atoms with E-state index in [9.17, 15) is 14.7 Å². The predicted octanol–water partition coefficient (Wildman–Crippen LogP) is -1.86. The molecular formula is C11H21N3O5. The molecule has 1 heterocycles. The number of carboxylic acids is 1. The summed E-state index contributed by atoms with van der Waals surface area (Å²) >= 11 is 0. The van der Waals surface area contributed by atoms with Crippen LogP contribution in [0.4, 0.5) is 4.79 Å². The average Bonchev–Trinajstić information content (AvgIpc) is 2.37. The molecule has 1 saturated heterocycles. The first-order valence-corrected chi connectivity index (χ1v) is 6.18. The summed E-state index contributed by atoms with van der Waals surface area (Å²) < 4.78 is 0. The minimum atomic E-state index is -1.96. The minimum absolute atomic E-state index is 0.0909. The summed E-state index contributed by atoms with van der Waals surface area (Å²) in [6, 6.07) is -0.384. The van der Waals surface area contributed by atoms with Gasteiger partial charge in [0, 0.05) is 32.7 Å². The first-order valence-electron chi connectivity index (χ1n) is 6.18. The number of carbonyl (C=O) groups is 2. The van der Waals surface area contributed by atoms with Crippen LogP contribution in [0.15, 0.2) is 0 Å². The van der Waals surface area contributed by atoms with E-state index in [1.165, 1.54) is 0 Å². The van der Waals surface area contributed by atoms with Gasteiger partial charge in [-0.3, -0.25) is 4.90 Å². The molecule has 0 radical (unpaired) electrons. The van der Waals surface area contributed by atoms with Gasteiger partial charge in [-0.05, 0) is 6.92 Å². The van der Waals surface area contributed by atoms with E-state index in [2.05, 4.69) is 5.32 Å². The molecule has 0 aromatic rings. The van der Waals surface area contributed by atoms with Crippen LogP contribution < -0.4 is 5.32 Å². The molecule has 8 heteroatoms. The number of nitrogens with zero attached hydrogens (tertiary/aromatic N) is 2. The van der Waals surface area contributed by atoms with Crippen molar-refractivity contribution in [1.82, 2.24) is 15.1 Å². The fraction of sp³-hybridized carbons (Fsp3) is 0.818. The van der Waals surface area contributed by atoms with E-state index in [1.807, 2.05) is 4.90 Å². The van der Waals surface area contributed by atoms with Crippen LogP contribution in [0.2, 0.25) is 0 Å². The molecule has 1 rings (SSSR count). The molecule has 19 heavy (non-hydrogen) atoms. The standard InChI is InChI=1S/C11H21N3O5/c1-11(19,9(16)17)8-12-10(18)14-4-2-13(3-5-14)6-7-15/h15,19H,2-8H2,1H3,(H,12,18)(H,16,17). The topological polar surface area (TPSA) is 113 Å². The molecule has 0 spiro atoms. The molecule has 0 bridgehead atoms. The third kappa shape index (κ3) is 4.66. The minimum Gasteiger partial charge on any atom is -0.479 e. The highest BCUT2D eigenvalue weighted by molar-refractivity contribution is 5.79. The number of carboxylic acid groups (broad SMARTS) is 1. The van der Waals surface area contributed by atoms with Crippen LogP contribution in [0, 0.1) is 0 Å². The number of amides is 2. The van der Waals surface area contributed by atoms with Crippen molar-refractivity contribution in [3.63, 3.8) is 0 Å². The van der Waals surface area contributed by atoms with Gasteiger partial charge in [0.15, 0.2) is 5.60 Å². The Bertz CT molecular complexity index is 326. The van der Waals surface area contributed by atoms with E-state index in [-0.39, 0.29) is 19.2 Å². The zero-order chi connectivity index (χ0) is 14.5. The Balaban J connectivity index is 2.34. The number of aliphatic hydroxyl groups excluding tert-OH is 1. The summed E-state index contributed by atoms with van der Waals surface area (Å²) in [5, 5.41) is 29.4. The lowest BCUT2D eigenvalue weighted by atomic mass is 10.1. The van der Waals surface area contributed by atoms with Crippen molar-refractivity contribution >= 4 is 12.0 Å². The summed E-state index contributed by atoms with van der Waals surface area (Å²) in [6.07, 6.45) is 0. The van der Waals surface area contributed by atoms with Crippen molar-refractivity contribution in [3.05, 3.63) is 0 Å². The van der Waals surface area contributed by atoms with Gasteiger partial charge in [0.25, 0.3) is 0 Å². The number of aliphatic hydroxyl groups is 2. The molecule has 1 fully saturated rings. The van der Waals surface area contributed by atoms with Crippen molar-refractivity contribution in [2.75, 3.05) is 45.9 Å². The average molecular weight is 275 g/mol. The van der Waals surface area contributed by atoms with Gasteiger partial charge in [0.05, 0.1) is 13.2 Å². The number of nitrogens with one attached hydrogen (secondary N) is 1. The summed E-state index contributed by atoms with van der Waals surface area (Å²) in [6.45, 7) is 3.85. The predicted molar refractivity (Wildman–Crippen MR) is 66.8 cm³/mol. The number of β-amino-alcohol motifs (C(OH)–C–C–N with tert-alkyl or cyclic N) is 1. The third-order valence-corrected chi connectivity index (χ3v) is 3.12. The van der Waals surface area contributed by atoms with Gasteiger partial charge in [0.1, 0.15) is 0 Å². The second kappa shape index (κ2) is 6.69. The highest BCUT2D eigenvalue weighted by Gasteiger charge is 2.31. The fourth-order valence-electron chi connectivity index (χ4n) is 1.75. The van der Waals surface area contributed by atoms with Gasteiger partial charge in [0.2, 0.25) is 0 Å². The van der Waals surface area contributed by atoms with Crippen molar-refractivity contribution in [1.29, 1.82) is 0 Å². The van der Waals surface area contributed by atoms with Crippen LogP contribution >= 0.6 is 0 Å². The van der Waals surface area contributed by atoms with Crippen LogP contribution in [-0.4, -0.2) is 88.6 Å². The quantitative estimate of drug-likeness (QED) is 0.468. The van der Waals surface area contributed by atoms with E-state index in [0.717, 1.165) is 6.92 Å². The molecule has 2 amide bonds. The maximum atomic E-state index is 11.8. The number of hydrogen-bond acceptors (Lipinski definition) is 5. The van der Waals surface area contributed by atoms with Crippen LogP contribution in [0.1, 0.15) is 6.92 Å². The second-order valence-electron chi connectivity index (χ2n) is 4.79. The van der Waals surface area contributed by atoms with Gasteiger partial charge in [-0.15, -0.1) is 0 Å². The van der Waals surface area contributed by atoms with Crippen LogP contribution in [0.3, 0.4) is 0 Å².